The average molecular weight is 470 g/mol. The first kappa shape index (κ1) is 23.1. The molecule has 2 N–H and O–H groups in total. The number of amides is 2. The van der Waals surface area contributed by atoms with Gasteiger partial charge in [-0.1, -0.05) is 12.1 Å². The molecule has 1 unspecified atom stereocenters. The van der Waals surface area contributed by atoms with Crippen molar-refractivity contribution in [3.63, 3.8) is 0 Å². The molecule has 0 saturated carbocycles. The lowest BCUT2D eigenvalue weighted by molar-refractivity contribution is 0.253. The highest BCUT2D eigenvalue weighted by atomic mass is 19.1. The lowest BCUT2D eigenvalue weighted by Gasteiger charge is -2.35. The summed E-state index contributed by atoms with van der Waals surface area (Å²) >= 11 is 0. The maximum absolute atomic E-state index is 15.1. The molecule has 2 heterocycles. The molecule has 0 fully saturated rings. The molecule has 4 rings (SSSR count). The van der Waals surface area contributed by atoms with Crippen molar-refractivity contribution >= 4 is 23.2 Å². The largest absolute Gasteiger partial charge is 0.497 e. The minimum atomic E-state index is -1.00. The van der Waals surface area contributed by atoms with Crippen LogP contribution in [-0.4, -0.2) is 32.3 Å². The molecule has 0 radical (unpaired) electrons. The molecule has 10 heteroatoms. The number of pyridine rings is 1. The Balaban J connectivity index is 1.61. The highest BCUT2D eigenvalue weighted by Gasteiger charge is 2.37. The molecule has 2 aromatic carbocycles. The number of carbonyl (C=O) groups excluding carboxylic acids is 1. The van der Waals surface area contributed by atoms with Crippen LogP contribution in [0.1, 0.15) is 24.1 Å². The fraction of sp³-hybridized carbons (Fsp3) is 0.250. The fourth-order valence-electron chi connectivity index (χ4n) is 3.81. The second kappa shape index (κ2) is 9.42. The van der Waals surface area contributed by atoms with Crippen molar-refractivity contribution in [1.29, 1.82) is 0 Å². The second-order valence-electron chi connectivity index (χ2n) is 7.59. The first-order valence-electron chi connectivity index (χ1n) is 10.4. The number of benzene rings is 2. The molecule has 1 aliphatic heterocycles. The van der Waals surface area contributed by atoms with E-state index < -0.39 is 29.4 Å². The molecule has 2 amide bonds. The summed E-state index contributed by atoms with van der Waals surface area (Å²) in [7, 11) is 4.10. The molecule has 34 heavy (non-hydrogen) atoms. The van der Waals surface area contributed by atoms with Crippen LogP contribution < -0.4 is 29.7 Å². The van der Waals surface area contributed by atoms with Gasteiger partial charge < -0.3 is 24.8 Å². The van der Waals surface area contributed by atoms with Gasteiger partial charge in [0.2, 0.25) is 0 Å². The molecular formula is C24H24F2N4O4. The van der Waals surface area contributed by atoms with Gasteiger partial charge in [-0.3, -0.25) is 4.90 Å². The van der Waals surface area contributed by atoms with Gasteiger partial charge in [0.1, 0.15) is 17.3 Å². The van der Waals surface area contributed by atoms with Gasteiger partial charge >= 0.3 is 6.03 Å². The number of fused-ring (bicyclic) bond motifs is 1. The Hall–Kier alpha value is -4.08. The Morgan fingerprint density at radius 3 is 2.26 bits per heavy atom. The molecule has 8 nitrogen and oxygen atoms in total. The van der Waals surface area contributed by atoms with Crippen molar-refractivity contribution in [2.75, 3.05) is 36.9 Å². The summed E-state index contributed by atoms with van der Waals surface area (Å²) in [6.07, 6.45) is 1.57. The maximum atomic E-state index is 15.1. The zero-order chi connectivity index (χ0) is 24.4. The van der Waals surface area contributed by atoms with E-state index in [-0.39, 0.29) is 11.5 Å². The van der Waals surface area contributed by atoms with Gasteiger partial charge in [-0.05, 0) is 24.6 Å². The van der Waals surface area contributed by atoms with Crippen LogP contribution in [0.2, 0.25) is 0 Å². The van der Waals surface area contributed by atoms with Gasteiger partial charge in [-0.2, -0.15) is 0 Å². The molecule has 1 atom stereocenters. The van der Waals surface area contributed by atoms with E-state index in [9.17, 15) is 4.79 Å². The predicted molar refractivity (Wildman–Crippen MR) is 124 cm³/mol. The zero-order valence-corrected chi connectivity index (χ0v) is 19.1. The zero-order valence-electron chi connectivity index (χ0n) is 19.1. The normalized spacial score (nSPS) is 14.8. The smallest absolute Gasteiger partial charge is 0.327 e. The summed E-state index contributed by atoms with van der Waals surface area (Å²) in [5.41, 5.74) is 1.54. The van der Waals surface area contributed by atoms with Crippen LogP contribution >= 0.6 is 0 Å². The van der Waals surface area contributed by atoms with Crippen LogP contribution in [0.3, 0.4) is 0 Å². The summed E-state index contributed by atoms with van der Waals surface area (Å²) in [5.74, 6) is -1.19. The van der Waals surface area contributed by atoms with Crippen molar-refractivity contribution in [3.8, 4) is 17.2 Å². The third kappa shape index (κ3) is 4.14. The first-order valence-corrected chi connectivity index (χ1v) is 10.4. The van der Waals surface area contributed by atoms with Crippen molar-refractivity contribution in [1.82, 2.24) is 4.98 Å². The van der Waals surface area contributed by atoms with E-state index in [1.807, 2.05) is 24.3 Å². The highest BCUT2D eigenvalue weighted by Crippen LogP contribution is 2.43. The molecular weight excluding hydrogens is 446 g/mol. The van der Waals surface area contributed by atoms with Crippen LogP contribution in [0.5, 0.6) is 17.2 Å². The number of methoxy groups -OCH3 is 3. The maximum Gasteiger partial charge on any atom is 0.327 e. The first-order chi connectivity index (χ1) is 16.4. The van der Waals surface area contributed by atoms with E-state index in [0.717, 1.165) is 22.3 Å². The van der Waals surface area contributed by atoms with Crippen LogP contribution in [-0.2, 0) is 6.54 Å². The fourth-order valence-corrected chi connectivity index (χ4v) is 3.81. The van der Waals surface area contributed by atoms with E-state index in [4.69, 9.17) is 14.2 Å². The van der Waals surface area contributed by atoms with E-state index in [0.29, 0.717) is 23.6 Å². The topological polar surface area (TPSA) is 85.0 Å². The number of nitrogens with zero attached hydrogens (tertiary/aromatic N) is 2. The van der Waals surface area contributed by atoms with Crippen molar-refractivity contribution in [3.05, 3.63) is 65.4 Å². The molecule has 0 saturated heterocycles. The number of ether oxygens (including phenoxy) is 3. The van der Waals surface area contributed by atoms with Gasteiger partial charge in [0.05, 0.1) is 33.1 Å². The lowest BCUT2D eigenvalue weighted by Crippen LogP contribution is -2.42. The lowest BCUT2D eigenvalue weighted by atomic mass is 10.0. The van der Waals surface area contributed by atoms with E-state index in [1.54, 1.807) is 26.3 Å². The molecule has 1 aliphatic rings. The minimum absolute atomic E-state index is 0.241. The van der Waals surface area contributed by atoms with Crippen molar-refractivity contribution in [2.45, 2.75) is 19.5 Å². The van der Waals surface area contributed by atoms with E-state index in [1.165, 1.54) is 14.2 Å². The number of halogens is 2. The summed E-state index contributed by atoms with van der Waals surface area (Å²) < 4.78 is 45.3. The van der Waals surface area contributed by atoms with Gasteiger partial charge in [0, 0.05) is 30.4 Å². The molecule has 0 aliphatic carbocycles. The van der Waals surface area contributed by atoms with Crippen LogP contribution in [0.15, 0.2) is 42.6 Å². The van der Waals surface area contributed by atoms with Crippen LogP contribution in [0.4, 0.5) is 30.8 Å². The molecule has 178 valence electrons. The third-order valence-electron chi connectivity index (χ3n) is 5.66. The standard InChI is InChI=1S/C24H24F2N4O4/c1-13-16-12-28-20(27-11-14-5-7-15(32-2)8-6-14)9-17(16)29-24(31)30(13)23-21(25)18(33-3)10-19(34-4)22(23)26/h5-10,12-13H,11H2,1-4H3,(H,27,28)(H,29,31). The number of anilines is 3. The van der Waals surface area contributed by atoms with Crippen molar-refractivity contribution in [2.24, 2.45) is 0 Å². The Kier molecular flexibility index (Phi) is 6.40. The van der Waals surface area contributed by atoms with Gasteiger partial charge in [0.15, 0.2) is 23.1 Å². The number of hydrogen-bond donors (Lipinski definition) is 2. The average Bonchev–Trinajstić information content (AvgIpc) is 2.85. The van der Waals surface area contributed by atoms with Crippen LogP contribution in [0.25, 0.3) is 0 Å². The monoisotopic (exact) mass is 470 g/mol. The van der Waals surface area contributed by atoms with E-state index >= 15 is 8.78 Å². The molecule has 1 aromatic heterocycles. The van der Waals surface area contributed by atoms with Gasteiger partial charge in [-0.25, -0.2) is 18.6 Å². The predicted octanol–water partition coefficient (Wildman–Crippen LogP) is 5.11. The van der Waals surface area contributed by atoms with Gasteiger partial charge in [-0.15, -0.1) is 0 Å². The number of nitrogens with one attached hydrogen (secondary N) is 2. The Morgan fingerprint density at radius 1 is 1.03 bits per heavy atom. The number of aromatic nitrogens is 1. The van der Waals surface area contributed by atoms with Gasteiger partial charge in [0.25, 0.3) is 0 Å². The molecule has 0 spiro atoms. The SMILES string of the molecule is COc1ccc(CNc2cc3c(cn2)C(C)N(c2c(F)c(OC)cc(OC)c2F)C(=O)N3)cc1. The summed E-state index contributed by atoms with van der Waals surface area (Å²) in [6, 6.07) is 8.95. The highest BCUT2D eigenvalue weighted by molar-refractivity contribution is 6.05. The Labute approximate surface area is 195 Å². The van der Waals surface area contributed by atoms with Crippen LogP contribution in [0, 0.1) is 11.6 Å². The number of rotatable bonds is 7. The number of urea groups is 1. The summed E-state index contributed by atoms with van der Waals surface area (Å²) in [4.78, 5) is 18.4. The Bertz CT molecular complexity index is 1190. The third-order valence-corrected chi connectivity index (χ3v) is 5.66. The number of hydrogen-bond acceptors (Lipinski definition) is 6. The Morgan fingerprint density at radius 2 is 1.68 bits per heavy atom. The van der Waals surface area contributed by atoms with E-state index in [2.05, 4.69) is 15.6 Å². The summed E-state index contributed by atoms with van der Waals surface area (Å²) in [5, 5.41) is 5.90. The quantitative estimate of drug-likeness (QED) is 0.499. The summed E-state index contributed by atoms with van der Waals surface area (Å²) in [6.45, 7) is 2.17. The minimum Gasteiger partial charge on any atom is -0.497 e. The molecule has 0 bridgehead atoms. The molecule has 3 aromatic rings. The number of carbonyl (C=O) groups is 1. The van der Waals surface area contributed by atoms with Crippen molar-refractivity contribution < 1.29 is 27.8 Å². The second-order valence-corrected chi connectivity index (χ2v) is 7.59.